The predicted molar refractivity (Wildman–Crippen MR) is 90.5 cm³/mol. The minimum atomic E-state index is -0.959. The lowest BCUT2D eigenvalue weighted by atomic mass is 10.0. The number of hydrogen-bond donors (Lipinski definition) is 2. The van der Waals surface area contributed by atoms with Crippen molar-refractivity contribution in [1.29, 1.82) is 0 Å². The summed E-state index contributed by atoms with van der Waals surface area (Å²) in [5.74, 6) is -0.959. The Balaban J connectivity index is 2.19. The Bertz CT molecular complexity index is 557. The highest BCUT2D eigenvalue weighted by molar-refractivity contribution is 9.11. The van der Waals surface area contributed by atoms with Gasteiger partial charge in [0.2, 0.25) is 0 Å². The number of halogens is 3. The quantitative estimate of drug-likeness (QED) is 0.651. The molecule has 1 aliphatic rings. The van der Waals surface area contributed by atoms with Crippen LogP contribution in [0.3, 0.4) is 0 Å². The molecule has 1 aromatic rings. The van der Waals surface area contributed by atoms with Gasteiger partial charge in [-0.25, -0.2) is 9.59 Å². The summed E-state index contributed by atoms with van der Waals surface area (Å²) >= 11 is 10.1. The van der Waals surface area contributed by atoms with E-state index in [1.165, 1.54) is 4.90 Å². The first-order valence-corrected chi connectivity index (χ1v) is 8.73. The summed E-state index contributed by atoms with van der Waals surface area (Å²) in [5, 5.41) is 12.0. The van der Waals surface area contributed by atoms with Crippen LogP contribution in [0.1, 0.15) is 19.3 Å². The second-order valence-electron chi connectivity index (χ2n) is 4.72. The maximum absolute atomic E-state index is 12.4. The van der Waals surface area contributed by atoms with Crippen LogP contribution in [0.4, 0.5) is 10.5 Å². The molecule has 1 unspecified atom stereocenters. The van der Waals surface area contributed by atoms with Crippen LogP contribution in [0.2, 0.25) is 0 Å². The number of carbonyl (C=O) groups excluding carboxylic acids is 1. The first-order valence-electron chi connectivity index (χ1n) is 6.35. The van der Waals surface area contributed by atoms with Crippen molar-refractivity contribution in [1.82, 2.24) is 4.90 Å². The SMILES string of the molecule is O=C(O)C1CCCCN1C(=O)Nc1c(Br)cc(Br)cc1Br. The molecule has 114 valence electrons. The third-order valence-corrected chi connectivity index (χ3v) is 5.00. The van der Waals surface area contributed by atoms with Gasteiger partial charge in [0.15, 0.2) is 0 Å². The second kappa shape index (κ2) is 7.11. The minimum Gasteiger partial charge on any atom is -0.480 e. The van der Waals surface area contributed by atoms with E-state index >= 15 is 0 Å². The van der Waals surface area contributed by atoms with Crippen LogP contribution in [0.15, 0.2) is 25.6 Å². The van der Waals surface area contributed by atoms with Crippen molar-refractivity contribution in [2.24, 2.45) is 0 Å². The van der Waals surface area contributed by atoms with Crippen molar-refractivity contribution in [3.63, 3.8) is 0 Å². The molecule has 8 heteroatoms. The molecule has 1 heterocycles. The minimum absolute atomic E-state index is 0.397. The Morgan fingerprint density at radius 3 is 2.38 bits per heavy atom. The lowest BCUT2D eigenvalue weighted by molar-refractivity contribution is -0.143. The number of nitrogens with one attached hydrogen (secondary N) is 1. The van der Waals surface area contributed by atoms with E-state index in [-0.39, 0.29) is 0 Å². The molecule has 1 aromatic carbocycles. The van der Waals surface area contributed by atoms with Crippen molar-refractivity contribution in [2.45, 2.75) is 25.3 Å². The number of urea groups is 1. The second-order valence-corrected chi connectivity index (χ2v) is 7.34. The highest BCUT2D eigenvalue weighted by Crippen LogP contribution is 2.34. The summed E-state index contributed by atoms with van der Waals surface area (Å²) < 4.78 is 2.28. The number of anilines is 1. The fraction of sp³-hybridized carbons (Fsp3) is 0.385. The standard InChI is InChI=1S/C13H13Br3N2O3/c14-7-5-8(15)11(9(16)6-7)17-13(21)18-4-2-1-3-10(18)12(19)20/h5-6,10H,1-4H2,(H,17,21)(H,19,20). The van der Waals surface area contributed by atoms with E-state index in [1.807, 2.05) is 12.1 Å². The Hall–Kier alpha value is -0.600. The summed E-state index contributed by atoms with van der Waals surface area (Å²) in [7, 11) is 0. The molecule has 5 nitrogen and oxygen atoms in total. The first kappa shape index (κ1) is 16.8. The molecule has 0 aliphatic carbocycles. The van der Waals surface area contributed by atoms with Gasteiger partial charge < -0.3 is 15.3 Å². The van der Waals surface area contributed by atoms with Gasteiger partial charge in [0.05, 0.1) is 5.69 Å². The Morgan fingerprint density at radius 2 is 1.81 bits per heavy atom. The number of amides is 2. The van der Waals surface area contributed by atoms with E-state index in [0.717, 1.165) is 17.3 Å². The average Bonchev–Trinajstić information content (AvgIpc) is 2.42. The largest absolute Gasteiger partial charge is 0.480 e. The number of hydrogen-bond acceptors (Lipinski definition) is 2. The maximum atomic E-state index is 12.4. The fourth-order valence-electron chi connectivity index (χ4n) is 2.27. The highest BCUT2D eigenvalue weighted by Gasteiger charge is 2.32. The molecule has 1 saturated heterocycles. The molecule has 21 heavy (non-hydrogen) atoms. The molecule has 0 spiro atoms. The maximum Gasteiger partial charge on any atom is 0.326 e. The van der Waals surface area contributed by atoms with Crippen LogP contribution in [0.25, 0.3) is 0 Å². The Morgan fingerprint density at radius 1 is 1.19 bits per heavy atom. The lowest BCUT2D eigenvalue weighted by Crippen LogP contribution is -2.49. The van der Waals surface area contributed by atoms with E-state index in [2.05, 4.69) is 53.1 Å². The molecule has 2 N–H and O–H groups in total. The van der Waals surface area contributed by atoms with E-state index in [1.54, 1.807) is 0 Å². The molecule has 1 atom stereocenters. The highest BCUT2D eigenvalue weighted by atomic mass is 79.9. The number of carboxylic acid groups (broad SMARTS) is 1. The fourth-order valence-corrected chi connectivity index (χ4v) is 4.73. The summed E-state index contributed by atoms with van der Waals surface area (Å²) in [6.07, 6.45) is 2.14. The predicted octanol–water partition coefficient (Wildman–Crippen LogP) is 4.45. The zero-order chi connectivity index (χ0) is 15.6. The molecule has 0 saturated carbocycles. The molecule has 0 aromatic heterocycles. The van der Waals surface area contributed by atoms with Gasteiger partial charge in [0, 0.05) is 20.0 Å². The Kier molecular flexibility index (Phi) is 5.67. The van der Waals surface area contributed by atoms with Gasteiger partial charge in [-0.1, -0.05) is 15.9 Å². The van der Waals surface area contributed by atoms with Gasteiger partial charge in [0.1, 0.15) is 6.04 Å². The van der Waals surface area contributed by atoms with Crippen LogP contribution < -0.4 is 5.32 Å². The summed E-state index contributed by atoms with van der Waals surface area (Å²) in [4.78, 5) is 25.0. The van der Waals surface area contributed by atoms with Crippen LogP contribution >= 0.6 is 47.8 Å². The van der Waals surface area contributed by atoms with Crippen molar-refractivity contribution < 1.29 is 14.7 Å². The number of aliphatic carboxylic acids is 1. The number of nitrogens with zero attached hydrogens (tertiary/aromatic N) is 1. The van der Waals surface area contributed by atoms with Crippen molar-refractivity contribution in [3.8, 4) is 0 Å². The zero-order valence-corrected chi connectivity index (χ0v) is 15.7. The van der Waals surface area contributed by atoms with Gasteiger partial charge in [-0.3, -0.25) is 0 Å². The molecule has 2 rings (SSSR count). The van der Waals surface area contributed by atoms with Gasteiger partial charge in [-0.05, 0) is 63.3 Å². The molecule has 0 bridgehead atoms. The molecular formula is C13H13Br3N2O3. The number of carboxylic acids is 1. The van der Waals surface area contributed by atoms with E-state index in [9.17, 15) is 14.7 Å². The van der Waals surface area contributed by atoms with E-state index < -0.39 is 18.0 Å². The van der Waals surface area contributed by atoms with Crippen LogP contribution in [-0.2, 0) is 4.79 Å². The van der Waals surface area contributed by atoms with Crippen molar-refractivity contribution in [2.75, 3.05) is 11.9 Å². The monoisotopic (exact) mass is 482 g/mol. The van der Waals surface area contributed by atoms with Gasteiger partial charge >= 0.3 is 12.0 Å². The summed E-state index contributed by atoms with van der Waals surface area (Å²) in [6.45, 7) is 0.453. The van der Waals surface area contributed by atoms with Crippen LogP contribution in [0, 0.1) is 0 Å². The molecular weight excluding hydrogens is 472 g/mol. The molecule has 0 radical (unpaired) electrons. The summed E-state index contributed by atoms with van der Waals surface area (Å²) in [5.41, 5.74) is 0.581. The van der Waals surface area contributed by atoms with Crippen molar-refractivity contribution in [3.05, 3.63) is 25.6 Å². The molecule has 1 aliphatic heterocycles. The van der Waals surface area contributed by atoms with Crippen LogP contribution in [0.5, 0.6) is 0 Å². The third-order valence-electron chi connectivity index (χ3n) is 3.29. The lowest BCUT2D eigenvalue weighted by Gasteiger charge is -2.33. The number of benzene rings is 1. The summed E-state index contributed by atoms with van der Waals surface area (Å²) in [6, 6.07) is 2.47. The third kappa shape index (κ3) is 3.98. The normalized spacial score (nSPS) is 18.4. The topological polar surface area (TPSA) is 69.6 Å². The van der Waals surface area contributed by atoms with Gasteiger partial charge in [-0.15, -0.1) is 0 Å². The Labute approximate surface area is 147 Å². The first-order chi connectivity index (χ1) is 9.90. The molecule has 1 fully saturated rings. The smallest absolute Gasteiger partial charge is 0.326 e. The van der Waals surface area contributed by atoms with E-state index in [4.69, 9.17) is 0 Å². The molecule has 2 amide bonds. The van der Waals surface area contributed by atoms with Gasteiger partial charge in [0.25, 0.3) is 0 Å². The number of piperidine rings is 1. The number of rotatable bonds is 2. The number of carbonyl (C=O) groups is 2. The van der Waals surface area contributed by atoms with Crippen molar-refractivity contribution >= 4 is 65.5 Å². The average molecular weight is 485 g/mol. The number of likely N-dealkylation sites (tertiary alicyclic amines) is 1. The van der Waals surface area contributed by atoms with Gasteiger partial charge in [-0.2, -0.15) is 0 Å². The van der Waals surface area contributed by atoms with E-state index in [0.29, 0.717) is 27.6 Å². The van der Waals surface area contributed by atoms with Crippen LogP contribution in [-0.4, -0.2) is 34.6 Å². The zero-order valence-electron chi connectivity index (χ0n) is 10.9.